The second kappa shape index (κ2) is 2.64. The van der Waals surface area contributed by atoms with Crippen molar-refractivity contribution >= 4 is 45.5 Å². The van der Waals surface area contributed by atoms with E-state index in [0.29, 0.717) is 5.15 Å². The molecule has 2 rings (SSSR count). The lowest BCUT2D eigenvalue weighted by atomic mass is 10.4. The molecule has 2 nitrogen and oxygen atoms in total. The molecule has 0 aliphatic rings. The molecule has 2 aromatic heterocycles. The smallest absolute Gasteiger partial charge is 0.129 e. The molecule has 0 saturated carbocycles. The molecule has 0 aromatic carbocycles. The van der Waals surface area contributed by atoms with Crippen molar-refractivity contribution < 1.29 is 0 Å². The van der Waals surface area contributed by atoms with Crippen LogP contribution in [0.3, 0.4) is 0 Å². The molecular weight excluding hydrogens is 274 g/mol. The molecule has 0 amide bonds. The number of hydrogen-bond acceptors (Lipinski definition) is 1. The molecule has 0 spiro atoms. The van der Waals surface area contributed by atoms with Crippen molar-refractivity contribution in [3.8, 4) is 0 Å². The molecule has 4 heteroatoms. The Morgan fingerprint density at radius 3 is 3.00 bits per heavy atom. The van der Waals surface area contributed by atoms with E-state index >= 15 is 0 Å². The number of pyridine rings is 1. The van der Waals surface area contributed by atoms with Crippen molar-refractivity contribution in [3.05, 3.63) is 29.5 Å². The zero-order valence-corrected chi connectivity index (χ0v) is 8.37. The highest BCUT2D eigenvalue weighted by atomic mass is 127. The lowest BCUT2D eigenvalue weighted by Crippen LogP contribution is -1.77. The van der Waals surface area contributed by atoms with Gasteiger partial charge in [0.05, 0.1) is 33.9 Å². The van der Waals surface area contributed by atoms with Crippen molar-refractivity contribution in [3.63, 3.8) is 0 Å². The van der Waals surface area contributed by atoms with Gasteiger partial charge in [0.2, 0.25) is 0 Å². The monoisotopic (exact) mass is 278 g/mol. The van der Waals surface area contributed by atoms with E-state index in [-0.39, 0.29) is 0 Å². The topological polar surface area (TPSA) is 17.8 Å². The van der Waals surface area contributed by atoms with Crippen LogP contribution >= 0.6 is 34.5 Å². The second-order valence-electron chi connectivity index (χ2n) is 2.17. The minimum absolute atomic E-state index is 0.542. The van der Waals surface area contributed by atoms with E-state index in [1.54, 1.807) is 6.07 Å². The lowest BCUT2D eigenvalue weighted by Gasteiger charge is -1.92. The summed E-state index contributed by atoms with van der Waals surface area (Å²) < 4.78 is 1.98. The van der Waals surface area contributed by atoms with E-state index in [1.807, 2.05) is 21.1 Å². The zero-order valence-electron chi connectivity index (χ0n) is 5.46. The van der Waals surface area contributed by atoms with Crippen molar-refractivity contribution in [2.75, 3.05) is 0 Å². The molecule has 0 saturated heterocycles. The first-order chi connectivity index (χ1) is 5.27. The van der Waals surface area contributed by atoms with E-state index in [2.05, 4.69) is 27.8 Å². The van der Waals surface area contributed by atoms with Gasteiger partial charge in [-0.3, -0.25) is 2.78 Å². The Morgan fingerprint density at radius 2 is 2.18 bits per heavy atom. The Labute approximate surface area is 82.7 Å². The zero-order chi connectivity index (χ0) is 7.84. The van der Waals surface area contributed by atoms with E-state index < -0.39 is 0 Å². The molecule has 0 unspecified atom stereocenters. The lowest BCUT2D eigenvalue weighted by molar-refractivity contribution is 1.39. The Morgan fingerprint density at radius 1 is 1.36 bits per heavy atom. The maximum Gasteiger partial charge on any atom is 0.129 e. The molecule has 0 fully saturated rings. The summed E-state index contributed by atoms with van der Waals surface area (Å²) in [5.74, 6) is 0. The molecule has 0 radical (unpaired) electrons. The average Bonchev–Trinajstić information content (AvgIpc) is 2.32. The molecule has 2 aromatic rings. The van der Waals surface area contributed by atoms with Crippen LogP contribution in [0.5, 0.6) is 0 Å². The van der Waals surface area contributed by atoms with Crippen LogP contribution in [0.25, 0.3) is 11.0 Å². The molecule has 56 valence electrons. The number of rotatable bonds is 0. The van der Waals surface area contributed by atoms with Crippen LogP contribution in [0.1, 0.15) is 0 Å². The third-order valence-electron chi connectivity index (χ3n) is 1.46. The third-order valence-corrected chi connectivity index (χ3v) is 2.51. The second-order valence-corrected chi connectivity index (χ2v) is 3.59. The van der Waals surface area contributed by atoms with Gasteiger partial charge in [0.1, 0.15) is 5.15 Å². The van der Waals surface area contributed by atoms with Crippen LogP contribution in [0.4, 0.5) is 0 Å². The molecule has 0 aliphatic heterocycles. The first-order valence-corrected chi connectivity index (χ1v) is 4.41. The van der Waals surface area contributed by atoms with Gasteiger partial charge in [0.25, 0.3) is 0 Å². The van der Waals surface area contributed by atoms with E-state index in [1.165, 1.54) is 0 Å². The standard InChI is InChI=1S/C7H4ClIN2/c8-7-2-1-6-5(10-7)3-4-11(6)9/h1-4H. The SMILES string of the molecule is Clc1ccc2c(ccn2I)n1. The summed E-state index contributed by atoms with van der Waals surface area (Å²) in [6.07, 6.45) is 1.95. The Kier molecular flexibility index (Phi) is 1.77. The number of nitrogens with zero attached hydrogens (tertiary/aromatic N) is 2. The summed E-state index contributed by atoms with van der Waals surface area (Å²) in [6, 6.07) is 5.68. The summed E-state index contributed by atoms with van der Waals surface area (Å²) in [7, 11) is 0. The minimum Gasteiger partial charge on any atom is -0.288 e. The van der Waals surface area contributed by atoms with Gasteiger partial charge in [0, 0.05) is 6.20 Å². The molecule has 0 aliphatic carbocycles. The molecule has 0 N–H and O–H groups in total. The highest BCUT2D eigenvalue weighted by Gasteiger charge is 1.98. The Hall–Kier alpha value is -0.290. The normalized spacial score (nSPS) is 10.7. The summed E-state index contributed by atoms with van der Waals surface area (Å²) >= 11 is 7.90. The van der Waals surface area contributed by atoms with E-state index in [9.17, 15) is 0 Å². The van der Waals surface area contributed by atoms with Crippen LogP contribution in [0.15, 0.2) is 24.4 Å². The molecule has 11 heavy (non-hydrogen) atoms. The fourth-order valence-electron chi connectivity index (χ4n) is 0.962. The van der Waals surface area contributed by atoms with Crippen molar-refractivity contribution in [1.29, 1.82) is 0 Å². The number of halogens is 2. The summed E-state index contributed by atoms with van der Waals surface area (Å²) in [5, 5.41) is 0.542. The van der Waals surface area contributed by atoms with Gasteiger partial charge in [-0.05, 0) is 18.2 Å². The highest BCUT2D eigenvalue weighted by Crippen LogP contribution is 2.17. The number of fused-ring (bicyclic) bond motifs is 1. The largest absolute Gasteiger partial charge is 0.288 e. The number of aromatic nitrogens is 2. The van der Waals surface area contributed by atoms with E-state index in [0.717, 1.165) is 11.0 Å². The van der Waals surface area contributed by atoms with Gasteiger partial charge < -0.3 is 0 Å². The summed E-state index contributed by atoms with van der Waals surface area (Å²) in [4.78, 5) is 4.14. The summed E-state index contributed by atoms with van der Waals surface area (Å²) in [5.41, 5.74) is 2.03. The first-order valence-electron chi connectivity index (χ1n) is 3.07. The van der Waals surface area contributed by atoms with Gasteiger partial charge >= 0.3 is 0 Å². The van der Waals surface area contributed by atoms with Crippen LogP contribution in [-0.4, -0.2) is 7.76 Å². The van der Waals surface area contributed by atoms with Crippen molar-refractivity contribution in [2.45, 2.75) is 0 Å². The molecular formula is C7H4ClIN2. The van der Waals surface area contributed by atoms with Gasteiger partial charge in [-0.25, -0.2) is 4.98 Å². The van der Waals surface area contributed by atoms with Gasteiger partial charge in [-0.1, -0.05) is 11.6 Å². The van der Waals surface area contributed by atoms with Gasteiger partial charge in [-0.2, -0.15) is 0 Å². The number of hydrogen-bond donors (Lipinski definition) is 0. The minimum atomic E-state index is 0.542. The molecule has 2 heterocycles. The molecule has 0 bridgehead atoms. The fourth-order valence-corrected chi connectivity index (χ4v) is 1.69. The average molecular weight is 278 g/mol. The van der Waals surface area contributed by atoms with Crippen LogP contribution < -0.4 is 0 Å². The van der Waals surface area contributed by atoms with Crippen LogP contribution in [0.2, 0.25) is 5.15 Å². The van der Waals surface area contributed by atoms with Crippen molar-refractivity contribution in [2.24, 2.45) is 0 Å². The highest BCUT2D eigenvalue weighted by molar-refractivity contribution is 14.1. The molecule has 0 atom stereocenters. The van der Waals surface area contributed by atoms with Crippen LogP contribution in [0, 0.1) is 0 Å². The quantitative estimate of drug-likeness (QED) is 0.535. The van der Waals surface area contributed by atoms with E-state index in [4.69, 9.17) is 11.6 Å². The predicted molar refractivity (Wildman–Crippen MR) is 54.2 cm³/mol. The van der Waals surface area contributed by atoms with Gasteiger partial charge in [-0.15, -0.1) is 0 Å². The fraction of sp³-hybridized carbons (Fsp3) is 0. The maximum absolute atomic E-state index is 5.71. The summed E-state index contributed by atoms with van der Waals surface area (Å²) in [6.45, 7) is 0. The maximum atomic E-state index is 5.71. The predicted octanol–water partition coefficient (Wildman–Crippen LogP) is 2.89. The Balaban J connectivity index is 2.86. The third kappa shape index (κ3) is 1.22. The first kappa shape index (κ1) is 7.36. The van der Waals surface area contributed by atoms with Crippen LogP contribution in [-0.2, 0) is 0 Å². The Bertz CT molecular complexity index is 396. The van der Waals surface area contributed by atoms with Crippen molar-refractivity contribution in [1.82, 2.24) is 7.76 Å². The van der Waals surface area contributed by atoms with Gasteiger partial charge in [0.15, 0.2) is 0 Å².